The molecule has 0 aliphatic carbocycles. The molecule has 2 fully saturated rings. The third-order valence-corrected chi connectivity index (χ3v) is 4.92. The maximum absolute atomic E-state index is 12.6. The minimum Gasteiger partial charge on any atom is -0.333 e. The van der Waals surface area contributed by atoms with Crippen LogP contribution in [0.1, 0.15) is 16.8 Å². The van der Waals surface area contributed by atoms with Gasteiger partial charge in [-0.05, 0) is 24.6 Å². The van der Waals surface area contributed by atoms with Gasteiger partial charge in [-0.15, -0.1) is 24.8 Å². The topological polar surface area (TPSA) is 78.1 Å². The number of benzene rings is 1. The van der Waals surface area contributed by atoms with Gasteiger partial charge in [-0.2, -0.15) is 0 Å². The molecular formula is C16H16Cl4N4O2. The van der Waals surface area contributed by atoms with Gasteiger partial charge in [0.15, 0.2) is 0 Å². The maximum atomic E-state index is 12.6. The van der Waals surface area contributed by atoms with E-state index in [1.54, 1.807) is 23.1 Å². The molecule has 2 bridgehead atoms. The molecule has 3 heterocycles. The molecular weight excluding hydrogens is 422 g/mol. The average Bonchev–Trinajstić information content (AvgIpc) is 3.16. The van der Waals surface area contributed by atoms with Crippen LogP contribution in [0.25, 0.3) is 11.4 Å². The van der Waals surface area contributed by atoms with Crippen LogP contribution in [-0.2, 0) is 0 Å². The Hall–Kier alpha value is -1.31. The minimum absolute atomic E-state index is 0. The summed E-state index contributed by atoms with van der Waals surface area (Å²) in [5.74, 6) is 0.0546. The average molecular weight is 438 g/mol. The zero-order valence-corrected chi connectivity index (χ0v) is 16.5. The fourth-order valence-electron chi connectivity index (χ4n) is 3.35. The van der Waals surface area contributed by atoms with Crippen molar-refractivity contribution in [1.82, 2.24) is 20.2 Å². The second-order valence-electron chi connectivity index (χ2n) is 6.08. The summed E-state index contributed by atoms with van der Waals surface area (Å²) in [6.45, 7) is 1.41. The number of rotatable bonds is 2. The highest BCUT2D eigenvalue weighted by atomic mass is 35.5. The third kappa shape index (κ3) is 3.85. The van der Waals surface area contributed by atoms with Gasteiger partial charge in [0.25, 0.3) is 11.5 Å². The third-order valence-electron chi connectivity index (χ3n) is 4.48. The van der Waals surface area contributed by atoms with E-state index in [9.17, 15) is 9.59 Å². The number of nitrogens with zero attached hydrogens (tertiary/aromatic N) is 2. The molecule has 1 aromatic heterocycles. The van der Waals surface area contributed by atoms with Crippen LogP contribution < -0.4 is 10.9 Å². The summed E-state index contributed by atoms with van der Waals surface area (Å²) in [6, 6.07) is 5.39. The molecule has 2 aliphatic heterocycles. The van der Waals surface area contributed by atoms with E-state index < -0.39 is 5.56 Å². The van der Waals surface area contributed by atoms with Crippen LogP contribution in [0.5, 0.6) is 0 Å². The summed E-state index contributed by atoms with van der Waals surface area (Å²) in [4.78, 5) is 33.6. The molecule has 2 aliphatic rings. The van der Waals surface area contributed by atoms with E-state index in [1.807, 2.05) is 0 Å². The van der Waals surface area contributed by atoms with Crippen molar-refractivity contribution < 1.29 is 4.79 Å². The molecule has 26 heavy (non-hydrogen) atoms. The van der Waals surface area contributed by atoms with Gasteiger partial charge >= 0.3 is 0 Å². The number of H-pyrrole nitrogens is 1. The number of aromatic amines is 1. The zero-order valence-electron chi connectivity index (χ0n) is 13.4. The van der Waals surface area contributed by atoms with Crippen molar-refractivity contribution >= 4 is 53.9 Å². The molecule has 0 spiro atoms. The van der Waals surface area contributed by atoms with Crippen LogP contribution in [0.2, 0.25) is 10.0 Å². The molecule has 4 rings (SSSR count). The van der Waals surface area contributed by atoms with Gasteiger partial charge in [-0.1, -0.05) is 23.2 Å². The lowest BCUT2D eigenvalue weighted by Gasteiger charge is -2.27. The largest absolute Gasteiger partial charge is 0.333 e. The van der Waals surface area contributed by atoms with Crippen molar-refractivity contribution in [3.05, 3.63) is 50.4 Å². The molecule has 0 saturated carbocycles. The van der Waals surface area contributed by atoms with Gasteiger partial charge in [0.1, 0.15) is 11.4 Å². The Kier molecular flexibility index (Phi) is 6.58. The van der Waals surface area contributed by atoms with Crippen molar-refractivity contribution in [3.8, 4) is 11.4 Å². The summed E-state index contributed by atoms with van der Waals surface area (Å²) in [5.41, 5.74) is 0.185. The van der Waals surface area contributed by atoms with Crippen molar-refractivity contribution in [3.63, 3.8) is 0 Å². The smallest absolute Gasteiger partial charge is 0.264 e. The number of carbonyl (C=O) groups excluding carboxylic acids is 1. The predicted molar refractivity (Wildman–Crippen MR) is 106 cm³/mol. The summed E-state index contributed by atoms with van der Waals surface area (Å²) in [5, 5.41) is 4.22. The van der Waals surface area contributed by atoms with Crippen molar-refractivity contribution in [2.45, 2.75) is 18.5 Å². The van der Waals surface area contributed by atoms with E-state index >= 15 is 0 Å². The van der Waals surface area contributed by atoms with E-state index in [-0.39, 0.29) is 42.3 Å². The second kappa shape index (κ2) is 8.15. The molecule has 0 radical (unpaired) electrons. The number of hydrogen-bond donors (Lipinski definition) is 2. The molecule has 2 atom stereocenters. The van der Waals surface area contributed by atoms with E-state index in [2.05, 4.69) is 15.3 Å². The van der Waals surface area contributed by atoms with Crippen molar-refractivity contribution in [2.24, 2.45) is 0 Å². The Morgan fingerprint density at radius 2 is 1.88 bits per heavy atom. The Morgan fingerprint density at radius 3 is 2.42 bits per heavy atom. The molecule has 2 saturated heterocycles. The number of likely N-dealkylation sites (tertiary alicyclic amines) is 1. The van der Waals surface area contributed by atoms with E-state index in [0.29, 0.717) is 34.0 Å². The molecule has 0 unspecified atom stereocenters. The Labute approximate surface area is 172 Å². The number of hydrogen-bond acceptors (Lipinski definition) is 4. The Bertz CT molecular complexity index is 869. The lowest BCUT2D eigenvalue weighted by Crippen LogP contribution is -2.47. The predicted octanol–water partition coefficient (Wildman–Crippen LogP) is 2.77. The highest BCUT2D eigenvalue weighted by molar-refractivity contribution is 6.35. The van der Waals surface area contributed by atoms with Crippen LogP contribution in [0.3, 0.4) is 0 Å². The van der Waals surface area contributed by atoms with Crippen LogP contribution in [-0.4, -0.2) is 45.9 Å². The lowest BCUT2D eigenvalue weighted by atomic mass is 10.2. The number of nitrogens with one attached hydrogen (secondary N) is 2. The standard InChI is InChI=1S/C16H14Cl2N4O2.2ClH/c17-9-1-8(2-10(18)3-9)14-20-6-13(15(23)21-14)16(24)22-7-11-4-12(22)5-19-11;;/h1-3,6,11-12,19H,4-5,7H2,(H,20,21,23);2*1H/t11-,12-;;/m0../s1. The van der Waals surface area contributed by atoms with Crippen LogP contribution >= 0.6 is 48.0 Å². The quantitative estimate of drug-likeness (QED) is 0.757. The van der Waals surface area contributed by atoms with Crippen LogP contribution in [0.15, 0.2) is 29.2 Å². The number of amides is 1. The molecule has 6 nitrogen and oxygen atoms in total. The number of fused-ring (bicyclic) bond motifs is 2. The first-order chi connectivity index (χ1) is 11.5. The molecule has 1 aromatic carbocycles. The van der Waals surface area contributed by atoms with Gasteiger partial charge in [-0.25, -0.2) is 4.98 Å². The highest BCUT2D eigenvalue weighted by Gasteiger charge is 2.40. The van der Waals surface area contributed by atoms with Crippen LogP contribution in [0.4, 0.5) is 0 Å². The van der Waals surface area contributed by atoms with Gasteiger partial charge < -0.3 is 15.2 Å². The Morgan fingerprint density at radius 1 is 1.19 bits per heavy atom. The number of halogens is 4. The lowest BCUT2D eigenvalue weighted by molar-refractivity contribution is 0.0713. The van der Waals surface area contributed by atoms with Gasteiger partial charge in [0, 0.05) is 47.0 Å². The molecule has 10 heteroatoms. The summed E-state index contributed by atoms with van der Waals surface area (Å²) < 4.78 is 0. The zero-order chi connectivity index (χ0) is 16.8. The summed E-state index contributed by atoms with van der Waals surface area (Å²) >= 11 is 11.9. The van der Waals surface area contributed by atoms with E-state index in [0.717, 1.165) is 13.0 Å². The monoisotopic (exact) mass is 436 g/mol. The first-order valence-electron chi connectivity index (χ1n) is 7.61. The number of piperazine rings is 1. The number of aromatic nitrogens is 2. The molecule has 2 aromatic rings. The van der Waals surface area contributed by atoms with Crippen molar-refractivity contribution in [1.29, 1.82) is 0 Å². The maximum Gasteiger partial charge on any atom is 0.264 e. The molecule has 2 N–H and O–H groups in total. The van der Waals surface area contributed by atoms with Gasteiger partial charge in [0.05, 0.1) is 0 Å². The summed E-state index contributed by atoms with van der Waals surface area (Å²) in [7, 11) is 0. The fourth-order valence-corrected chi connectivity index (χ4v) is 3.87. The number of carbonyl (C=O) groups is 1. The first kappa shape index (κ1) is 21.0. The van der Waals surface area contributed by atoms with E-state index in [1.165, 1.54) is 6.20 Å². The van der Waals surface area contributed by atoms with E-state index in [4.69, 9.17) is 23.2 Å². The van der Waals surface area contributed by atoms with Crippen LogP contribution in [0, 0.1) is 0 Å². The Balaban J connectivity index is 0.00000121. The summed E-state index contributed by atoms with van der Waals surface area (Å²) in [6.07, 6.45) is 2.26. The minimum atomic E-state index is -0.461. The first-order valence-corrected chi connectivity index (χ1v) is 8.37. The molecule has 1 amide bonds. The highest BCUT2D eigenvalue weighted by Crippen LogP contribution is 2.26. The van der Waals surface area contributed by atoms with Crippen molar-refractivity contribution in [2.75, 3.05) is 13.1 Å². The fraction of sp³-hybridized carbons (Fsp3) is 0.312. The second-order valence-corrected chi connectivity index (χ2v) is 6.96. The van der Waals surface area contributed by atoms with Gasteiger partial charge in [0.2, 0.25) is 0 Å². The van der Waals surface area contributed by atoms with Gasteiger partial charge in [-0.3, -0.25) is 9.59 Å². The molecule has 140 valence electrons. The normalized spacial score (nSPS) is 20.5. The SMILES string of the molecule is Cl.Cl.O=C(c1cnc(-c2cc(Cl)cc(Cl)c2)[nH]c1=O)N1C[C@@H]2C[C@H]1CN2.